The van der Waals surface area contributed by atoms with Crippen LogP contribution in [0.25, 0.3) is 0 Å². The van der Waals surface area contributed by atoms with E-state index < -0.39 is 18.2 Å². The van der Waals surface area contributed by atoms with Crippen LogP contribution >= 0.6 is 0 Å². The van der Waals surface area contributed by atoms with E-state index in [1.54, 1.807) is 0 Å². The Morgan fingerprint density at radius 1 is 0.917 bits per heavy atom. The van der Waals surface area contributed by atoms with Gasteiger partial charge in [-0.1, -0.05) is 0 Å². The van der Waals surface area contributed by atoms with E-state index in [4.69, 9.17) is 0 Å². The Labute approximate surface area is 65.9 Å². The van der Waals surface area contributed by atoms with Crippen LogP contribution in [0.5, 0.6) is 0 Å². The van der Waals surface area contributed by atoms with Crippen molar-refractivity contribution in [1.82, 2.24) is 11.0 Å². The fourth-order valence-electron chi connectivity index (χ4n) is 0.205. The van der Waals surface area contributed by atoms with Crippen LogP contribution in [0.15, 0.2) is 0 Å². The number of carbonyl (C=O) groups is 3. The van der Waals surface area contributed by atoms with E-state index in [-0.39, 0.29) is 0 Å². The predicted molar refractivity (Wildman–Crippen MR) is 33.0 cm³/mol. The molecule has 9 heteroatoms. The van der Waals surface area contributed by atoms with Gasteiger partial charge in [0.15, 0.2) is 0 Å². The molecule has 0 rings (SSSR count). The van der Waals surface area contributed by atoms with Gasteiger partial charge in [0.05, 0.1) is 0 Å². The molecular formula is C3H6N4O5. The molecule has 0 heterocycles. The van der Waals surface area contributed by atoms with Gasteiger partial charge in [0.1, 0.15) is 0 Å². The van der Waals surface area contributed by atoms with E-state index in [1.165, 1.54) is 11.0 Å². The number of nitrogens with one attached hydrogen (secondary N) is 2. The maximum atomic E-state index is 10.3. The van der Waals surface area contributed by atoms with Crippen LogP contribution < -0.4 is 22.4 Å². The maximum absolute atomic E-state index is 10.3. The lowest BCUT2D eigenvalue weighted by molar-refractivity contribution is 0.00669. The van der Waals surface area contributed by atoms with Crippen LogP contribution in [-0.4, -0.2) is 18.2 Å². The predicted octanol–water partition coefficient (Wildman–Crippen LogP) is -1.69. The van der Waals surface area contributed by atoms with Gasteiger partial charge in [-0.3, -0.25) is 0 Å². The second-order valence-corrected chi connectivity index (χ2v) is 1.39. The number of hydroxylamine groups is 2. The number of carbonyl (C=O) groups excluding carboxylic acids is 3. The van der Waals surface area contributed by atoms with Crippen molar-refractivity contribution in [2.75, 3.05) is 0 Å². The Morgan fingerprint density at radius 2 is 1.25 bits per heavy atom. The monoisotopic (exact) mass is 178 g/mol. The summed E-state index contributed by atoms with van der Waals surface area (Å²) >= 11 is 0. The number of nitrogens with two attached hydrogens (primary N) is 2. The molecule has 0 fully saturated rings. The Hall–Kier alpha value is -2.19. The second-order valence-electron chi connectivity index (χ2n) is 1.39. The Balaban J connectivity index is 3.47. The van der Waals surface area contributed by atoms with E-state index in [2.05, 4.69) is 21.1 Å². The summed E-state index contributed by atoms with van der Waals surface area (Å²) in [5.74, 6) is 0. The van der Waals surface area contributed by atoms with Crippen molar-refractivity contribution in [2.24, 2.45) is 11.5 Å². The molecule has 0 aromatic rings. The fourth-order valence-corrected chi connectivity index (χ4v) is 0.205. The van der Waals surface area contributed by atoms with Crippen molar-refractivity contribution in [1.29, 1.82) is 0 Å². The highest BCUT2D eigenvalue weighted by atomic mass is 16.9. The van der Waals surface area contributed by atoms with Crippen molar-refractivity contribution in [2.45, 2.75) is 0 Å². The van der Waals surface area contributed by atoms with Crippen LogP contribution in [-0.2, 0) is 9.68 Å². The molecule has 0 radical (unpaired) electrons. The van der Waals surface area contributed by atoms with Gasteiger partial charge in [-0.2, -0.15) is 15.8 Å². The van der Waals surface area contributed by atoms with Crippen molar-refractivity contribution >= 4 is 18.2 Å². The van der Waals surface area contributed by atoms with Gasteiger partial charge in [-0.15, -0.1) is 0 Å². The van der Waals surface area contributed by atoms with Gasteiger partial charge in [0, 0.05) is 0 Å². The standard InChI is InChI=1S/C3H6N4O5/c4-1(8)6-11-3(10)12-7-2(5)9/h(H3,4,6,8)(H3,5,7,9). The summed E-state index contributed by atoms with van der Waals surface area (Å²) in [5, 5.41) is 0. The molecule has 0 aliphatic carbocycles. The average molecular weight is 178 g/mol. The molecule has 0 aliphatic heterocycles. The quantitative estimate of drug-likeness (QED) is 0.327. The van der Waals surface area contributed by atoms with E-state index in [0.717, 1.165) is 0 Å². The Kier molecular flexibility index (Phi) is 3.76. The topological polar surface area (TPSA) is 146 Å². The largest absolute Gasteiger partial charge is 0.558 e. The molecule has 68 valence electrons. The molecule has 6 N–H and O–H groups in total. The molecule has 4 amide bonds. The number of urea groups is 2. The third-order valence-electron chi connectivity index (χ3n) is 0.470. The van der Waals surface area contributed by atoms with Gasteiger partial charge < -0.3 is 21.1 Å². The molecule has 0 atom stereocenters. The highest BCUT2D eigenvalue weighted by molar-refractivity contribution is 5.74. The molecule has 0 aliphatic rings. The summed E-state index contributed by atoms with van der Waals surface area (Å²) in [6, 6.07) is -2.18. The summed E-state index contributed by atoms with van der Waals surface area (Å²) in [5.41, 5.74) is 11.9. The first-order valence-corrected chi connectivity index (χ1v) is 2.51. The summed E-state index contributed by atoms with van der Waals surface area (Å²) < 4.78 is 0. The van der Waals surface area contributed by atoms with Crippen LogP contribution in [0.4, 0.5) is 14.4 Å². The van der Waals surface area contributed by atoms with E-state index in [0.29, 0.717) is 0 Å². The number of hydrogen-bond acceptors (Lipinski definition) is 5. The highest BCUT2D eigenvalue weighted by Crippen LogP contribution is 1.76. The molecule has 0 aromatic carbocycles. The van der Waals surface area contributed by atoms with Crippen LogP contribution in [0, 0.1) is 0 Å². The molecule has 0 saturated carbocycles. The minimum absolute atomic E-state index is 1.09. The molecule has 0 aromatic heterocycles. The first-order valence-electron chi connectivity index (χ1n) is 2.51. The molecular weight excluding hydrogens is 172 g/mol. The van der Waals surface area contributed by atoms with Crippen molar-refractivity contribution in [3.8, 4) is 0 Å². The minimum atomic E-state index is -1.38. The lowest BCUT2D eigenvalue weighted by atomic mass is 11.1. The van der Waals surface area contributed by atoms with Gasteiger partial charge in [0.25, 0.3) is 0 Å². The SMILES string of the molecule is NC(=O)NOC(=O)ONC(N)=O. The number of primary amides is 2. The lowest BCUT2D eigenvalue weighted by Gasteiger charge is -2.02. The van der Waals surface area contributed by atoms with Gasteiger partial charge in [-0.05, 0) is 0 Å². The van der Waals surface area contributed by atoms with Crippen molar-refractivity contribution in [3.63, 3.8) is 0 Å². The summed E-state index contributed by atoms with van der Waals surface area (Å²) in [4.78, 5) is 37.7. The fraction of sp³-hybridized carbons (Fsp3) is 0. The van der Waals surface area contributed by atoms with Crippen molar-refractivity contribution in [3.05, 3.63) is 0 Å². The zero-order valence-electron chi connectivity index (χ0n) is 5.70. The third kappa shape index (κ3) is 5.94. The third-order valence-corrected chi connectivity index (χ3v) is 0.470. The molecule has 0 unspecified atom stereocenters. The minimum Gasteiger partial charge on any atom is -0.349 e. The van der Waals surface area contributed by atoms with E-state index in [1.807, 2.05) is 0 Å². The normalized spacial score (nSPS) is 8.00. The number of rotatable bonds is 0. The van der Waals surface area contributed by atoms with Gasteiger partial charge in [0.2, 0.25) is 0 Å². The Morgan fingerprint density at radius 3 is 1.50 bits per heavy atom. The average Bonchev–Trinajstić information content (AvgIpc) is 1.96. The van der Waals surface area contributed by atoms with Crippen LogP contribution in [0.1, 0.15) is 0 Å². The zero-order valence-corrected chi connectivity index (χ0v) is 5.70. The molecule has 9 nitrogen and oxygen atoms in total. The van der Waals surface area contributed by atoms with Gasteiger partial charge >= 0.3 is 18.2 Å². The maximum Gasteiger partial charge on any atom is 0.558 e. The van der Waals surface area contributed by atoms with E-state index >= 15 is 0 Å². The molecule has 0 bridgehead atoms. The van der Waals surface area contributed by atoms with E-state index in [9.17, 15) is 14.4 Å². The van der Waals surface area contributed by atoms with Crippen LogP contribution in [0.3, 0.4) is 0 Å². The Bertz CT molecular complexity index is 183. The molecule has 12 heavy (non-hydrogen) atoms. The summed E-state index contributed by atoms with van der Waals surface area (Å²) in [6.07, 6.45) is -1.38. The number of hydrogen-bond donors (Lipinski definition) is 4. The second kappa shape index (κ2) is 4.60. The number of amides is 4. The first kappa shape index (κ1) is 9.81. The summed E-state index contributed by atoms with van der Waals surface area (Å²) in [7, 11) is 0. The highest BCUT2D eigenvalue weighted by Gasteiger charge is 2.06. The zero-order chi connectivity index (χ0) is 9.56. The van der Waals surface area contributed by atoms with Crippen LogP contribution in [0.2, 0.25) is 0 Å². The lowest BCUT2D eigenvalue weighted by Crippen LogP contribution is -2.36. The smallest absolute Gasteiger partial charge is 0.349 e. The molecule has 0 spiro atoms. The summed E-state index contributed by atoms with van der Waals surface area (Å²) in [6.45, 7) is 0. The first-order chi connectivity index (χ1) is 5.52. The van der Waals surface area contributed by atoms with Crippen molar-refractivity contribution < 1.29 is 24.1 Å². The van der Waals surface area contributed by atoms with Gasteiger partial charge in [-0.25, -0.2) is 9.59 Å². The molecule has 0 saturated heterocycles.